The summed E-state index contributed by atoms with van der Waals surface area (Å²) < 4.78 is 11.2. The summed E-state index contributed by atoms with van der Waals surface area (Å²) in [5, 5.41) is 4.05. The first-order valence-electron chi connectivity index (χ1n) is 6.61. The number of hydrazone groups is 1. The van der Waals surface area contributed by atoms with Crippen LogP contribution in [0.4, 0.5) is 0 Å². The van der Waals surface area contributed by atoms with Gasteiger partial charge in [0.25, 0.3) is 0 Å². The molecule has 0 spiro atoms. The van der Waals surface area contributed by atoms with Gasteiger partial charge in [-0.05, 0) is 36.2 Å². The van der Waals surface area contributed by atoms with Gasteiger partial charge in [0.1, 0.15) is 0 Å². The van der Waals surface area contributed by atoms with E-state index in [4.69, 9.17) is 15.2 Å². The summed E-state index contributed by atoms with van der Waals surface area (Å²) in [5.41, 5.74) is 9.88. The summed E-state index contributed by atoms with van der Waals surface area (Å²) >= 11 is 4.65. The van der Waals surface area contributed by atoms with Gasteiger partial charge in [0.05, 0.1) is 25.5 Å². The van der Waals surface area contributed by atoms with Crippen LogP contribution >= 0.6 is 12.2 Å². The predicted octanol–water partition coefficient (Wildman–Crippen LogP) is 1.55. The van der Waals surface area contributed by atoms with Crippen molar-refractivity contribution in [1.82, 2.24) is 5.43 Å². The second-order valence-corrected chi connectivity index (χ2v) is 5.07. The minimum atomic E-state index is 0.153. The average Bonchev–Trinajstić information content (AvgIpc) is 2.93. The predicted molar refractivity (Wildman–Crippen MR) is 82.6 cm³/mol. The molecule has 1 saturated heterocycles. The number of rotatable bonds is 6. The van der Waals surface area contributed by atoms with Crippen molar-refractivity contribution >= 4 is 23.5 Å². The summed E-state index contributed by atoms with van der Waals surface area (Å²) in [4.78, 5) is 0. The Morgan fingerprint density at radius 2 is 2.30 bits per heavy atom. The number of ether oxygens (including phenoxy) is 2. The number of nitrogens with one attached hydrogen (secondary N) is 1. The zero-order valence-corrected chi connectivity index (χ0v) is 12.1. The first-order chi connectivity index (χ1) is 9.74. The lowest BCUT2D eigenvalue weighted by Gasteiger charge is -2.10. The van der Waals surface area contributed by atoms with Crippen molar-refractivity contribution in [3.8, 4) is 0 Å². The van der Waals surface area contributed by atoms with E-state index in [1.54, 1.807) is 6.21 Å². The molecule has 20 heavy (non-hydrogen) atoms. The van der Waals surface area contributed by atoms with Gasteiger partial charge in [0.15, 0.2) is 5.11 Å². The third-order valence-electron chi connectivity index (χ3n) is 2.96. The molecule has 1 atom stereocenters. The van der Waals surface area contributed by atoms with Crippen molar-refractivity contribution in [2.24, 2.45) is 10.8 Å². The highest BCUT2D eigenvalue weighted by atomic mass is 32.1. The van der Waals surface area contributed by atoms with Crippen LogP contribution < -0.4 is 11.2 Å². The molecule has 1 aliphatic heterocycles. The zero-order chi connectivity index (χ0) is 14.2. The van der Waals surface area contributed by atoms with Crippen LogP contribution in [0.5, 0.6) is 0 Å². The molecule has 0 saturated carbocycles. The Kier molecular flexibility index (Phi) is 5.91. The van der Waals surface area contributed by atoms with Crippen LogP contribution in [-0.2, 0) is 16.1 Å². The van der Waals surface area contributed by atoms with Crippen molar-refractivity contribution in [2.75, 3.05) is 13.2 Å². The third kappa shape index (κ3) is 5.24. The standard InChI is InChI=1S/C14H19N3O2S/c15-14(20)17-16-8-11-3-5-12(6-4-11)9-18-10-13-2-1-7-19-13/h3-6,8,13H,1-2,7,9-10H2,(H3,15,17,20). The average molecular weight is 293 g/mol. The van der Waals surface area contributed by atoms with E-state index < -0.39 is 0 Å². The monoisotopic (exact) mass is 293 g/mol. The highest BCUT2D eigenvalue weighted by Crippen LogP contribution is 2.13. The molecule has 5 nitrogen and oxygen atoms in total. The second-order valence-electron chi connectivity index (χ2n) is 4.63. The molecule has 1 fully saturated rings. The first kappa shape index (κ1) is 14.9. The van der Waals surface area contributed by atoms with Crippen LogP contribution in [0.3, 0.4) is 0 Å². The smallest absolute Gasteiger partial charge is 0.184 e. The molecule has 1 unspecified atom stereocenters. The molecule has 0 radical (unpaired) electrons. The maximum absolute atomic E-state index is 5.65. The number of thiocarbonyl (C=S) groups is 1. The molecule has 2 rings (SSSR count). The van der Waals surface area contributed by atoms with Crippen LogP contribution in [-0.4, -0.2) is 30.6 Å². The van der Waals surface area contributed by atoms with Crippen molar-refractivity contribution < 1.29 is 9.47 Å². The summed E-state index contributed by atoms with van der Waals surface area (Å²) in [6.45, 7) is 2.13. The lowest BCUT2D eigenvalue weighted by molar-refractivity contribution is 0.0106. The topological polar surface area (TPSA) is 68.9 Å². The normalized spacial score (nSPS) is 18.5. The maximum atomic E-state index is 5.65. The molecule has 0 bridgehead atoms. The fraction of sp³-hybridized carbons (Fsp3) is 0.429. The van der Waals surface area contributed by atoms with Gasteiger partial charge in [-0.25, -0.2) is 0 Å². The minimum absolute atomic E-state index is 0.153. The Labute approximate surface area is 124 Å². The van der Waals surface area contributed by atoms with Crippen LogP contribution in [0.1, 0.15) is 24.0 Å². The summed E-state index contributed by atoms with van der Waals surface area (Å²) in [6, 6.07) is 7.96. The Balaban J connectivity index is 1.73. The molecule has 0 aliphatic carbocycles. The number of nitrogens with zero attached hydrogens (tertiary/aromatic N) is 1. The first-order valence-corrected chi connectivity index (χ1v) is 7.01. The zero-order valence-electron chi connectivity index (χ0n) is 11.2. The van der Waals surface area contributed by atoms with Gasteiger partial charge in [0, 0.05) is 6.61 Å². The fourth-order valence-electron chi connectivity index (χ4n) is 1.95. The van der Waals surface area contributed by atoms with Crippen molar-refractivity contribution in [1.29, 1.82) is 0 Å². The Morgan fingerprint density at radius 3 is 2.95 bits per heavy atom. The van der Waals surface area contributed by atoms with Crippen molar-refractivity contribution in [3.63, 3.8) is 0 Å². The molecular weight excluding hydrogens is 274 g/mol. The molecule has 0 aromatic heterocycles. The molecular formula is C14H19N3O2S. The van der Waals surface area contributed by atoms with Gasteiger partial charge < -0.3 is 15.2 Å². The number of hydrogen-bond acceptors (Lipinski definition) is 4. The van der Waals surface area contributed by atoms with Gasteiger partial charge >= 0.3 is 0 Å². The highest BCUT2D eigenvalue weighted by molar-refractivity contribution is 7.80. The lowest BCUT2D eigenvalue weighted by atomic mass is 10.1. The van der Waals surface area contributed by atoms with Gasteiger partial charge in [-0.15, -0.1) is 0 Å². The molecule has 6 heteroatoms. The van der Waals surface area contributed by atoms with E-state index >= 15 is 0 Å². The van der Waals surface area contributed by atoms with Gasteiger partial charge in [-0.2, -0.15) is 5.10 Å². The lowest BCUT2D eigenvalue weighted by Crippen LogP contribution is -2.23. The van der Waals surface area contributed by atoms with Gasteiger partial charge in [-0.3, -0.25) is 5.43 Å². The molecule has 1 aromatic rings. The minimum Gasteiger partial charge on any atom is -0.376 e. The Bertz CT molecular complexity index is 456. The largest absolute Gasteiger partial charge is 0.376 e. The van der Waals surface area contributed by atoms with E-state index in [0.29, 0.717) is 13.2 Å². The van der Waals surface area contributed by atoms with Crippen LogP contribution in [0.25, 0.3) is 0 Å². The van der Waals surface area contributed by atoms with Crippen molar-refractivity contribution in [3.05, 3.63) is 35.4 Å². The Hall–Kier alpha value is -1.50. The van der Waals surface area contributed by atoms with Crippen LogP contribution in [0, 0.1) is 0 Å². The van der Waals surface area contributed by atoms with Crippen molar-refractivity contribution in [2.45, 2.75) is 25.6 Å². The summed E-state index contributed by atoms with van der Waals surface area (Å²) in [7, 11) is 0. The molecule has 1 aliphatic rings. The summed E-state index contributed by atoms with van der Waals surface area (Å²) in [6.07, 6.45) is 4.18. The maximum Gasteiger partial charge on any atom is 0.184 e. The molecule has 0 amide bonds. The van der Waals surface area contributed by atoms with E-state index in [1.165, 1.54) is 0 Å². The number of benzene rings is 1. The molecule has 3 N–H and O–H groups in total. The molecule has 1 aromatic carbocycles. The van der Waals surface area contributed by atoms with E-state index in [-0.39, 0.29) is 11.2 Å². The fourth-order valence-corrected chi connectivity index (χ4v) is 2.01. The van der Waals surface area contributed by atoms with E-state index in [2.05, 4.69) is 22.7 Å². The SMILES string of the molecule is NC(=S)NN=Cc1ccc(COCC2CCCO2)cc1. The molecule has 1 heterocycles. The highest BCUT2D eigenvalue weighted by Gasteiger charge is 2.14. The molecule has 108 valence electrons. The quantitative estimate of drug-likeness (QED) is 0.473. The Morgan fingerprint density at radius 1 is 1.50 bits per heavy atom. The van der Waals surface area contributed by atoms with Gasteiger partial charge in [-0.1, -0.05) is 24.3 Å². The van der Waals surface area contributed by atoms with E-state index in [0.717, 1.165) is 30.6 Å². The number of hydrogen-bond donors (Lipinski definition) is 2. The summed E-state index contributed by atoms with van der Waals surface area (Å²) in [5.74, 6) is 0. The third-order valence-corrected chi connectivity index (χ3v) is 3.06. The van der Waals surface area contributed by atoms with Crippen LogP contribution in [0.2, 0.25) is 0 Å². The van der Waals surface area contributed by atoms with E-state index in [9.17, 15) is 0 Å². The second kappa shape index (κ2) is 7.94. The van der Waals surface area contributed by atoms with Crippen LogP contribution in [0.15, 0.2) is 29.4 Å². The van der Waals surface area contributed by atoms with E-state index in [1.807, 2.05) is 24.3 Å². The van der Waals surface area contributed by atoms with Gasteiger partial charge in [0.2, 0.25) is 0 Å². The number of nitrogens with two attached hydrogens (primary N) is 1.